The van der Waals surface area contributed by atoms with Gasteiger partial charge in [-0.1, -0.05) is 6.07 Å². The second-order valence-electron chi connectivity index (χ2n) is 5.15. The van der Waals surface area contributed by atoms with Gasteiger partial charge in [0.25, 0.3) is 0 Å². The number of rotatable bonds is 5. The normalized spacial score (nSPS) is 10.5. The smallest absolute Gasteiger partial charge is 0.224 e. The first-order valence-electron chi connectivity index (χ1n) is 6.99. The van der Waals surface area contributed by atoms with Gasteiger partial charge in [0, 0.05) is 17.8 Å². The molecule has 0 aliphatic carbocycles. The van der Waals surface area contributed by atoms with E-state index in [4.69, 9.17) is 9.47 Å². The van der Waals surface area contributed by atoms with E-state index in [1.165, 1.54) is 0 Å². The first-order valence-corrected chi connectivity index (χ1v) is 6.99. The predicted octanol–water partition coefficient (Wildman–Crippen LogP) is 3.53. The molecule has 4 nitrogen and oxygen atoms in total. The van der Waals surface area contributed by atoms with E-state index in [9.17, 15) is 0 Å². The number of pyridine rings is 1. The fraction of sp³-hybridized carbons (Fsp3) is 0.353. The van der Waals surface area contributed by atoms with E-state index in [1.807, 2.05) is 39.1 Å². The van der Waals surface area contributed by atoms with Gasteiger partial charge in [-0.25, -0.2) is 4.98 Å². The van der Waals surface area contributed by atoms with Crippen molar-refractivity contribution in [3.05, 3.63) is 46.6 Å². The molecule has 0 unspecified atom stereocenters. The lowest BCUT2D eigenvalue weighted by atomic mass is 10.1. The van der Waals surface area contributed by atoms with Crippen LogP contribution in [0.15, 0.2) is 24.3 Å². The van der Waals surface area contributed by atoms with E-state index in [-0.39, 0.29) is 0 Å². The lowest BCUT2D eigenvalue weighted by Gasteiger charge is -2.15. The number of hydrogen-bond donors (Lipinski definition) is 1. The molecule has 0 amide bonds. The van der Waals surface area contributed by atoms with Crippen LogP contribution in [0.2, 0.25) is 0 Å². The fourth-order valence-electron chi connectivity index (χ4n) is 2.27. The average Bonchev–Trinajstić information content (AvgIpc) is 2.44. The van der Waals surface area contributed by atoms with Crippen LogP contribution < -0.4 is 14.8 Å². The molecule has 0 bridgehead atoms. The second-order valence-corrected chi connectivity index (χ2v) is 5.15. The van der Waals surface area contributed by atoms with E-state index < -0.39 is 0 Å². The number of aryl methyl sites for hydroxylation is 3. The summed E-state index contributed by atoms with van der Waals surface area (Å²) < 4.78 is 11.4. The molecular formula is C17H22N2O2. The first kappa shape index (κ1) is 15.3. The molecule has 0 radical (unpaired) electrons. The SMILES string of the molecule is CNCc1c(C)cc(C)nc1Oc1ccc(C)cc1OC. The quantitative estimate of drug-likeness (QED) is 0.913. The zero-order valence-electron chi connectivity index (χ0n) is 13.3. The van der Waals surface area contributed by atoms with Crippen molar-refractivity contribution in [2.45, 2.75) is 27.3 Å². The zero-order chi connectivity index (χ0) is 15.4. The van der Waals surface area contributed by atoms with Crippen LogP contribution in [0.5, 0.6) is 17.4 Å². The van der Waals surface area contributed by atoms with Crippen LogP contribution in [0.25, 0.3) is 0 Å². The lowest BCUT2D eigenvalue weighted by Crippen LogP contribution is -2.10. The topological polar surface area (TPSA) is 43.4 Å². The molecule has 0 fully saturated rings. The molecule has 4 heteroatoms. The second kappa shape index (κ2) is 6.59. The average molecular weight is 286 g/mol. The summed E-state index contributed by atoms with van der Waals surface area (Å²) in [7, 11) is 3.56. The summed E-state index contributed by atoms with van der Waals surface area (Å²) in [6, 6.07) is 7.93. The summed E-state index contributed by atoms with van der Waals surface area (Å²) in [6.07, 6.45) is 0. The number of aromatic nitrogens is 1. The summed E-state index contributed by atoms with van der Waals surface area (Å²) >= 11 is 0. The van der Waals surface area contributed by atoms with Crippen LogP contribution in [0.1, 0.15) is 22.4 Å². The first-order chi connectivity index (χ1) is 10.0. The largest absolute Gasteiger partial charge is 0.493 e. The highest BCUT2D eigenvalue weighted by molar-refractivity contribution is 5.46. The van der Waals surface area contributed by atoms with Gasteiger partial charge in [0.1, 0.15) is 0 Å². The fourth-order valence-corrected chi connectivity index (χ4v) is 2.27. The van der Waals surface area contributed by atoms with E-state index >= 15 is 0 Å². The number of nitrogens with one attached hydrogen (secondary N) is 1. The summed E-state index contributed by atoms with van der Waals surface area (Å²) in [5.74, 6) is 2.02. The standard InChI is InChI=1S/C17H22N2O2/c1-11-6-7-15(16(8-11)20-5)21-17-14(10-18-4)12(2)9-13(3)19-17/h6-9,18H,10H2,1-5H3. The highest BCUT2D eigenvalue weighted by atomic mass is 16.5. The monoisotopic (exact) mass is 286 g/mol. The Bertz CT molecular complexity index is 639. The van der Waals surface area contributed by atoms with Gasteiger partial charge in [-0.15, -0.1) is 0 Å². The van der Waals surface area contributed by atoms with Crippen LogP contribution in [-0.4, -0.2) is 19.1 Å². The minimum atomic E-state index is 0.629. The van der Waals surface area contributed by atoms with Crippen molar-refractivity contribution in [3.63, 3.8) is 0 Å². The molecule has 1 N–H and O–H groups in total. The van der Waals surface area contributed by atoms with Gasteiger partial charge in [-0.2, -0.15) is 0 Å². The van der Waals surface area contributed by atoms with Crippen molar-refractivity contribution in [1.82, 2.24) is 10.3 Å². The van der Waals surface area contributed by atoms with Crippen molar-refractivity contribution in [1.29, 1.82) is 0 Å². The highest BCUT2D eigenvalue weighted by Crippen LogP contribution is 2.33. The summed E-state index contributed by atoms with van der Waals surface area (Å²) in [5.41, 5.74) is 4.29. The van der Waals surface area contributed by atoms with Crippen LogP contribution >= 0.6 is 0 Å². The maximum atomic E-state index is 6.02. The molecule has 1 aromatic heterocycles. The maximum Gasteiger partial charge on any atom is 0.224 e. The van der Waals surface area contributed by atoms with E-state index in [2.05, 4.69) is 23.3 Å². The number of hydrogen-bond acceptors (Lipinski definition) is 4. The van der Waals surface area contributed by atoms with Gasteiger partial charge in [-0.3, -0.25) is 0 Å². The van der Waals surface area contributed by atoms with Gasteiger partial charge in [0.05, 0.1) is 7.11 Å². The van der Waals surface area contributed by atoms with E-state index in [0.717, 1.165) is 22.4 Å². The predicted molar refractivity (Wildman–Crippen MR) is 84.3 cm³/mol. The molecule has 112 valence electrons. The molecular weight excluding hydrogens is 264 g/mol. The molecule has 1 aromatic carbocycles. The van der Waals surface area contributed by atoms with Crippen molar-refractivity contribution in [2.24, 2.45) is 0 Å². The van der Waals surface area contributed by atoms with Crippen LogP contribution in [0.4, 0.5) is 0 Å². The van der Waals surface area contributed by atoms with Crippen LogP contribution in [-0.2, 0) is 6.54 Å². The van der Waals surface area contributed by atoms with Gasteiger partial charge >= 0.3 is 0 Å². The highest BCUT2D eigenvalue weighted by Gasteiger charge is 2.13. The Balaban J connectivity index is 2.43. The molecule has 1 heterocycles. The van der Waals surface area contributed by atoms with Gasteiger partial charge in [0.2, 0.25) is 5.88 Å². The number of nitrogens with zero attached hydrogens (tertiary/aromatic N) is 1. The number of ether oxygens (including phenoxy) is 2. The summed E-state index contributed by atoms with van der Waals surface area (Å²) in [6.45, 7) is 6.77. The third-order valence-electron chi connectivity index (χ3n) is 3.32. The Labute approximate surface area is 126 Å². The van der Waals surface area contributed by atoms with Gasteiger partial charge in [0.15, 0.2) is 11.5 Å². The molecule has 0 aliphatic heterocycles. The van der Waals surface area contributed by atoms with Crippen LogP contribution in [0, 0.1) is 20.8 Å². The molecule has 0 saturated carbocycles. The third kappa shape index (κ3) is 3.52. The van der Waals surface area contributed by atoms with Crippen molar-refractivity contribution >= 4 is 0 Å². The summed E-state index contributed by atoms with van der Waals surface area (Å²) in [5, 5.41) is 3.16. The minimum absolute atomic E-state index is 0.629. The van der Waals surface area contributed by atoms with E-state index in [1.54, 1.807) is 7.11 Å². The summed E-state index contributed by atoms with van der Waals surface area (Å²) in [4.78, 5) is 4.53. The minimum Gasteiger partial charge on any atom is -0.493 e. The molecule has 0 aliphatic rings. The number of benzene rings is 1. The van der Waals surface area contributed by atoms with Crippen LogP contribution in [0.3, 0.4) is 0 Å². The van der Waals surface area contributed by atoms with E-state index in [0.29, 0.717) is 23.9 Å². The zero-order valence-corrected chi connectivity index (χ0v) is 13.3. The van der Waals surface area contributed by atoms with Gasteiger partial charge in [-0.05, 0) is 57.1 Å². The lowest BCUT2D eigenvalue weighted by molar-refractivity contribution is 0.371. The van der Waals surface area contributed by atoms with Crippen molar-refractivity contribution in [3.8, 4) is 17.4 Å². The molecule has 0 atom stereocenters. The molecule has 0 spiro atoms. The Morgan fingerprint density at radius 2 is 1.86 bits per heavy atom. The van der Waals surface area contributed by atoms with Gasteiger partial charge < -0.3 is 14.8 Å². The molecule has 0 saturated heterocycles. The number of methoxy groups -OCH3 is 1. The molecule has 21 heavy (non-hydrogen) atoms. The molecule has 2 rings (SSSR count). The van der Waals surface area contributed by atoms with Crippen molar-refractivity contribution < 1.29 is 9.47 Å². The maximum absolute atomic E-state index is 6.02. The Morgan fingerprint density at radius 1 is 1.10 bits per heavy atom. The molecule has 2 aromatic rings. The third-order valence-corrected chi connectivity index (χ3v) is 3.32. The van der Waals surface area contributed by atoms with Crippen molar-refractivity contribution in [2.75, 3.05) is 14.2 Å². The Kier molecular flexibility index (Phi) is 4.81. The Hall–Kier alpha value is -2.07. The Morgan fingerprint density at radius 3 is 2.52 bits per heavy atom.